The van der Waals surface area contributed by atoms with Crippen LogP contribution in [0.2, 0.25) is 0 Å². The fourth-order valence-corrected chi connectivity index (χ4v) is 3.37. The van der Waals surface area contributed by atoms with Crippen molar-refractivity contribution in [2.75, 3.05) is 0 Å². The molecule has 2 aromatic rings. The minimum absolute atomic E-state index is 1.40. The average Bonchev–Trinajstić information content (AvgIpc) is 2.52. The standard InChI is InChI=1S/C8H4BS2/c1-3-10-7-5(1)9-6-2-4-11-8(6)7/h1-4H. The maximum absolute atomic E-state index is 2.26. The lowest BCUT2D eigenvalue weighted by Gasteiger charge is -1.85. The highest BCUT2D eigenvalue weighted by Crippen LogP contribution is 2.28. The van der Waals surface area contributed by atoms with Crippen LogP contribution in [0, 0.1) is 0 Å². The molecule has 0 unspecified atom stereocenters. The highest BCUT2D eigenvalue weighted by molar-refractivity contribution is 7.24. The van der Waals surface area contributed by atoms with Crippen molar-refractivity contribution < 1.29 is 0 Å². The molecule has 3 heterocycles. The van der Waals surface area contributed by atoms with E-state index in [1.807, 2.05) is 22.7 Å². The Hall–Kier alpha value is -0.535. The fourth-order valence-electron chi connectivity index (χ4n) is 1.40. The van der Waals surface area contributed by atoms with Crippen molar-refractivity contribution in [2.24, 2.45) is 0 Å². The van der Waals surface area contributed by atoms with Gasteiger partial charge in [-0.2, -0.15) is 0 Å². The second kappa shape index (κ2) is 1.99. The van der Waals surface area contributed by atoms with Gasteiger partial charge in [0.2, 0.25) is 0 Å². The van der Waals surface area contributed by atoms with E-state index in [0.29, 0.717) is 0 Å². The van der Waals surface area contributed by atoms with E-state index < -0.39 is 0 Å². The van der Waals surface area contributed by atoms with Crippen LogP contribution in [0.4, 0.5) is 0 Å². The molecule has 3 rings (SSSR count). The molecule has 0 aliphatic carbocycles. The molecule has 1 radical (unpaired) electrons. The molecule has 0 spiro atoms. The summed E-state index contributed by atoms with van der Waals surface area (Å²) in [6, 6.07) is 4.37. The molecule has 51 valence electrons. The van der Waals surface area contributed by atoms with Crippen LogP contribution in [-0.2, 0) is 0 Å². The molecule has 0 nitrogen and oxygen atoms in total. The van der Waals surface area contributed by atoms with Gasteiger partial charge in [-0.25, -0.2) is 0 Å². The molecule has 0 amide bonds. The number of hydrogen-bond donors (Lipinski definition) is 0. The van der Waals surface area contributed by atoms with E-state index in [9.17, 15) is 0 Å². The number of fused-ring (bicyclic) bond motifs is 3. The lowest BCUT2D eigenvalue weighted by atomic mass is 9.69. The van der Waals surface area contributed by atoms with Crippen molar-refractivity contribution in [1.82, 2.24) is 0 Å². The van der Waals surface area contributed by atoms with Crippen molar-refractivity contribution in [2.45, 2.75) is 0 Å². The molecule has 0 aromatic carbocycles. The Morgan fingerprint density at radius 2 is 1.45 bits per heavy atom. The van der Waals surface area contributed by atoms with Gasteiger partial charge in [0.1, 0.15) is 0 Å². The first-order valence-electron chi connectivity index (χ1n) is 3.45. The summed E-state index contributed by atoms with van der Waals surface area (Å²) in [5.74, 6) is 0. The predicted octanol–water partition coefficient (Wildman–Crippen LogP) is 1.44. The third-order valence-electron chi connectivity index (χ3n) is 1.91. The molecule has 2 aromatic heterocycles. The van der Waals surface area contributed by atoms with Crippen molar-refractivity contribution in [3.8, 4) is 9.75 Å². The van der Waals surface area contributed by atoms with Crippen LogP contribution in [0.5, 0.6) is 0 Å². The first-order chi connectivity index (χ1) is 5.45. The molecular weight excluding hydrogens is 171 g/mol. The van der Waals surface area contributed by atoms with E-state index in [-0.39, 0.29) is 0 Å². The summed E-state index contributed by atoms with van der Waals surface area (Å²) in [5.41, 5.74) is 2.80. The number of rotatable bonds is 0. The summed E-state index contributed by atoms with van der Waals surface area (Å²) in [6.45, 7) is 0. The zero-order chi connectivity index (χ0) is 7.26. The molecule has 1 aliphatic heterocycles. The summed E-state index contributed by atoms with van der Waals surface area (Å²) in [7, 11) is 2.26. The smallest absolute Gasteiger partial charge is 0.144 e. The van der Waals surface area contributed by atoms with Gasteiger partial charge in [-0.1, -0.05) is 23.1 Å². The highest BCUT2D eigenvalue weighted by Gasteiger charge is 2.20. The molecule has 3 heteroatoms. The van der Waals surface area contributed by atoms with Crippen molar-refractivity contribution in [3.05, 3.63) is 22.9 Å². The summed E-state index contributed by atoms with van der Waals surface area (Å²) in [4.78, 5) is 2.91. The van der Waals surface area contributed by atoms with Crippen LogP contribution in [-0.4, -0.2) is 7.28 Å². The Balaban J connectivity index is 2.38. The van der Waals surface area contributed by atoms with Gasteiger partial charge in [0.25, 0.3) is 0 Å². The average molecular weight is 175 g/mol. The van der Waals surface area contributed by atoms with E-state index >= 15 is 0 Å². The largest absolute Gasteiger partial charge is 0.195 e. The van der Waals surface area contributed by atoms with Crippen molar-refractivity contribution in [3.63, 3.8) is 0 Å². The predicted molar refractivity (Wildman–Crippen MR) is 52.7 cm³/mol. The van der Waals surface area contributed by atoms with Crippen LogP contribution in [0.15, 0.2) is 22.9 Å². The lowest BCUT2D eigenvalue weighted by molar-refractivity contribution is 2.14. The lowest BCUT2D eigenvalue weighted by Crippen LogP contribution is -2.18. The van der Waals surface area contributed by atoms with Gasteiger partial charge in [0.15, 0.2) is 7.28 Å². The summed E-state index contributed by atoms with van der Waals surface area (Å²) in [6.07, 6.45) is 0. The van der Waals surface area contributed by atoms with Crippen LogP contribution in [0.25, 0.3) is 9.75 Å². The van der Waals surface area contributed by atoms with E-state index in [2.05, 4.69) is 30.2 Å². The van der Waals surface area contributed by atoms with E-state index in [1.54, 1.807) is 0 Å². The quantitative estimate of drug-likeness (QED) is 0.453. The summed E-state index contributed by atoms with van der Waals surface area (Å²) >= 11 is 3.68. The topological polar surface area (TPSA) is 0 Å². The van der Waals surface area contributed by atoms with Gasteiger partial charge >= 0.3 is 0 Å². The van der Waals surface area contributed by atoms with E-state index in [1.165, 1.54) is 20.7 Å². The molecule has 0 bridgehead atoms. The number of thiophene rings is 2. The molecular formula is C8H4BS2. The van der Waals surface area contributed by atoms with Gasteiger partial charge in [-0.15, -0.1) is 22.7 Å². The second-order valence-corrected chi connectivity index (χ2v) is 4.39. The normalized spacial score (nSPS) is 12.4. The molecule has 0 N–H and O–H groups in total. The van der Waals surface area contributed by atoms with Crippen LogP contribution in [0.3, 0.4) is 0 Å². The van der Waals surface area contributed by atoms with Gasteiger partial charge in [-0.05, 0) is 10.8 Å². The number of hydrogen-bond acceptors (Lipinski definition) is 2. The monoisotopic (exact) mass is 175 g/mol. The van der Waals surface area contributed by atoms with E-state index in [4.69, 9.17) is 0 Å². The Morgan fingerprint density at radius 1 is 0.909 bits per heavy atom. The molecule has 0 saturated carbocycles. The van der Waals surface area contributed by atoms with E-state index in [0.717, 1.165) is 0 Å². The SMILES string of the molecule is [B]1c2ccsc2-c2sccc21. The van der Waals surface area contributed by atoms with Crippen molar-refractivity contribution >= 4 is 40.9 Å². The molecule has 1 aliphatic rings. The maximum Gasteiger partial charge on any atom is 0.195 e. The second-order valence-electron chi connectivity index (χ2n) is 2.55. The molecule has 0 saturated heterocycles. The molecule has 11 heavy (non-hydrogen) atoms. The van der Waals surface area contributed by atoms with Gasteiger partial charge < -0.3 is 0 Å². The van der Waals surface area contributed by atoms with Crippen LogP contribution < -0.4 is 10.9 Å². The minimum atomic E-state index is 1.40. The fraction of sp³-hybridized carbons (Fsp3) is 0. The Kier molecular flexibility index (Phi) is 1.09. The highest BCUT2D eigenvalue weighted by atomic mass is 32.1. The van der Waals surface area contributed by atoms with Gasteiger partial charge in [0.05, 0.1) is 0 Å². The van der Waals surface area contributed by atoms with Crippen LogP contribution in [0.1, 0.15) is 0 Å². The molecule has 0 atom stereocenters. The van der Waals surface area contributed by atoms with Gasteiger partial charge in [0, 0.05) is 9.75 Å². The Labute approximate surface area is 73.8 Å². The third kappa shape index (κ3) is 0.699. The third-order valence-corrected chi connectivity index (χ3v) is 3.93. The minimum Gasteiger partial charge on any atom is -0.144 e. The van der Waals surface area contributed by atoms with Crippen molar-refractivity contribution in [1.29, 1.82) is 0 Å². The van der Waals surface area contributed by atoms with Gasteiger partial charge in [-0.3, -0.25) is 0 Å². The Bertz CT molecular complexity index is 361. The Morgan fingerprint density at radius 3 is 2.00 bits per heavy atom. The first kappa shape index (κ1) is 6.03. The zero-order valence-electron chi connectivity index (χ0n) is 5.70. The maximum atomic E-state index is 2.26. The zero-order valence-corrected chi connectivity index (χ0v) is 7.34. The first-order valence-corrected chi connectivity index (χ1v) is 5.21. The molecule has 0 fully saturated rings. The summed E-state index contributed by atoms with van der Waals surface area (Å²) in [5, 5.41) is 4.31. The van der Waals surface area contributed by atoms with Crippen LogP contribution >= 0.6 is 22.7 Å². The summed E-state index contributed by atoms with van der Waals surface area (Å²) < 4.78 is 0.